The smallest absolute Gasteiger partial charge is 0.326 e. The zero-order chi connectivity index (χ0) is 27.4. The second-order valence-corrected chi connectivity index (χ2v) is 10.1. The molecule has 3 aromatic carbocycles. The van der Waals surface area contributed by atoms with Crippen LogP contribution in [0.15, 0.2) is 77.3 Å². The normalized spacial score (nSPS) is 12.1. The van der Waals surface area contributed by atoms with Crippen LogP contribution >= 0.6 is 0 Å². The topological polar surface area (TPSA) is 122 Å². The van der Waals surface area contributed by atoms with Gasteiger partial charge in [0, 0.05) is 28.7 Å². The van der Waals surface area contributed by atoms with Crippen LogP contribution in [0.2, 0.25) is 0 Å². The van der Waals surface area contributed by atoms with Gasteiger partial charge in [0.25, 0.3) is 11.8 Å². The Balaban J connectivity index is 1.42. The van der Waals surface area contributed by atoms with Crippen LogP contribution in [0.1, 0.15) is 59.5 Å². The molecular weight excluding hydrogens is 482 g/mol. The lowest BCUT2D eigenvalue weighted by Gasteiger charge is -2.19. The number of carboxylic acids is 1. The van der Waals surface area contributed by atoms with Gasteiger partial charge in [-0.1, -0.05) is 74.5 Å². The molecule has 194 valence electrons. The molecule has 0 bridgehead atoms. The summed E-state index contributed by atoms with van der Waals surface area (Å²) >= 11 is 0. The van der Waals surface area contributed by atoms with Crippen molar-refractivity contribution in [2.75, 3.05) is 0 Å². The minimum Gasteiger partial charge on any atom is -0.480 e. The third-order valence-corrected chi connectivity index (χ3v) is 6.23. The number of aliphatic carboxylic acids is 1. The van der Waals surface area contributed by atoms with Gasteiger partial charge < -0.3 is 14.9 Å². The average Bonchev–Trinajstić information content (AvgIpc) is 3.38. The molecule has 1 amide bonds. The van der Waals surface area contributed by atoms with Crippen molar-refractivity contribution in [2.45, 2.75) is 45.6 Å². The SMILES string of the molecule is CC(=O)c1ccc(-c2nc(-c3ccc(CC(NC(=O)c4ccc(C(C)(C)C)cc4)C(=O)O)cc3)no2)cc1. The Bertz CT molecular complexity index is 1450. The molecule has 8 nitrogen and oxygen atoms in total. The van der Waals surface area contributed by atoms with E-state index in [0.717, 1.165) is 11.1 Å². The molecule has 0 aliphatic carbocycles. The minimum atomic E-state index is -1.12. The molecule has 0 saturated heterocycles. The molecule has 8 heteroatoms. The molecule has 1 heterocycles. The maximum Gasteiger partial charge on any atom is 0.326 e. The molecule has 0 fully saturated rings. The van der Waals surface area contributed by atoms with Gasteiger partial charge in [0.05, 0.1) is 0 Å². The summed E-state index contributed by atoms with van der Waals surface area (Å²) in [6.45, 7) is 7.75. The Morgan fingerprint density at radius 2 is 1.45 bits per heavy atom. The molecule has 1 aromatic heterocycles. The number of ketones is 1. The van der Waals surface area contributed by atoms with E-state index in [1.807, 2.05) is 12.1 Å². The molecule has 2 N–H and O–H groups in total. The molecule has 4 aromatic rings. The summed E-state index contributed by atoms with van der Waals surface area (Å²) in [5, 5.41) is 16.4. The molecule has 1 unspecified atom stereocenters. The number of nitrogens with zero attached hydrogens (tertiary/aromatic N) is 2. The summed E-state index contributed by atoms with van der Waals surface area (Å²) in [5.74, 6) is -0.882. The number of carbonyl (C=O) groups is 3. The molecule has 0 aliphatic rings. The molecule has 38 heavy (non-hydrogen) atoms. The van der Waals surface area contributed by atoms with Gasteiger partial charge >= 0.3 is 5.97 Å². The maximum atomic E-state index is 12.7. The number of carbonyl (C=O) groups excluding carboxylic acids is 2. The molecule has 0 radical (unpaired) electrons. The van der Waals surface area contributed by atoms with Crippen LogP contribution in [0, 0.1) is 0 Å². The first-order valence-electron chi connectivity index (χ1n) is 12.2. The van der Waals surface area contributed by atoms with Crippen molar-refractivity contribution in [2.24, 2.45) is 0 Å². The quantitative estimate of drug-likeness (QED) is 0.307. The fourth-order valence-corrected chi connectivity index (χ4v) is 3.89. The van der Waals surface area contributed by atoms with Gasteiger partial charge in [-0.3, -0.25) is 9.59 Å². The van der Waals surface area contributed by atoms with Crippen LogP contribution in [0.5, 0.6) is 0 Å². The number of carboxylic acid groups (broad SMARTS) is 1. The predicted octanol–water partition coefficient (Wildman–Crippen LogP) is 5.33. The van der Waals surface area contributed by atoms with Crippen LogP contribution in [-0.4, -0.2) is 38.9 Å². The highest BCUT2D eigenvalue weighted by molar-refractivity contribution is 5.96. The predicted molar refractivity (Wildman–Crippen MR) is 143 cm³/mol. The van der Waals surface area contributed by atoms with E-state index in [-0.39, 0.29) is 17.6 Å². The lowest BCUT2D eigenvalue weighted by molar-refractivity contribution is -0.139. The lowest BCUT2D eigenvalue weighted by atomic mass is 9.86. The van der Waals surface area contributed by atoms with Gasteiger partial charge in [-0.25, -0.2) is 4.79 Å². The zero-order valence-electron chi connectivity index (χ0n) is 21.7. The Labute approximate surface area is 220 Å². The van der Waals surface area contributed by atoms with Crippen molar-refractivity contribution in [1.29, 1.82) is 0 Å². The molecule has 0 aliphatic heterocycles. The third-order valence-electron chi connectivity index (χ3n) is 6.23. The number of hydrogen-bond acceptors (Lipinski definition) is 6. The van der Waals surface area contributed by atoms with Gasteiger partial charge in [-0.2, -0.15) is 4.98 Å². The number of amides is 1. The number of benzene rings is 3. The van der Waals surface area contributed by atoms with E-state index in [2.05, 4.69) is 36.2 Å². The maximum absolute atomic E-state index is 12.7. The van der Waals surface area contributed by atoms with Crippen molar-refractivity contribution in [3.63, 3.8) is 0 Å². The monoisotopic (exact) mass is 511 g/mol. The molecule has 4 rings (SSSR count). The van der Waals surface area contributed by atoms with Gasteiger partial charge in [0.1, 0.15) is 6.04 Å². The number of Topliss-reactive ketones (excluding diaryl/α,β-unsaturated/α-hetero) is 1. The van der Waals surface area contributed by atoms with E-state index >= 15 is 0 Å². The third kappa shape index (κ3) is 6.21. The van der Waals surface area contributed by atoms with Gasteiger partial charge in [-0.05, 0) is 47.7 Å². The van der Waals surface area contributed by atoms with E-state index < -0.39 is 17.9 Å². The Morgan fingerprint density at radius 1 is 0.868 bits per heavy atom. The first kappa shape index (κ1) is 26.5. The largest absolute Gasteiger partial charge is 0.480 e. The van der Waals surface area contributed by atoms with Crippen molar-refractivity contribution < 1.29 is 24.0 Å². The van der Waals surface area contributed by atoms with Crippen molar-refractivity contribution in [1.82, 2.24) is 15.5 Å². The van der Waals surface area contributed by atoms with E-state index in [9.17, 15) is 19.5 Å². The first-order chi connectivity index (χ1) is 18.0. The molecule has 0 spiro atoms. The summed E-state index contributed by atoms with van der Waals surface area (Å²) in [5.41, 5.74) is 4.16. The van der Waals surface area contributed by atoms with Crippen LogP contribution in [0.4, 0.5) is 0 Å². The van der Waals surface area contributed by atoms with Crippen LogP contribution in [0.25, 0.3) is 22.8 Å². The van der Waals surface area contributed by atoms with Crippen LogP contribution in [0.3, 0.4) is 0 Å². The van der Waals surface area contributed by atoms with Gasteiger partial charge in [-0.15, -0.1) is 0 Å². The summed E-state index contributed by atoms with van der Waals surface area (Å²) < 4.78 is 5.37. The highest BCUT2D eigenvalue weighted by atomic mass is 16.5. The van der Waals surface area contributed by atoms with E-state index in [0.29, 0.717) is 34.0 Å². The van der Waals surface area contributed by atoms with E-state index in [4.69, 9.17) is 4.52 Å². The Hall–Kier alpha value is -4.59. The Kier molecular flexibility index (Phi) is 7.52. The standard InChI is InChI=1S/C30H29N3O5/c1-18(34)20-9-11-23(12-10-20)28-32-26(33-38-28)21-7-5-19(6-8-21)17-25(29(36)37)31-27(35)22-13-15-24(16-14-22)30(2,3)4/h5-16,25H,17H2,1-4H3,(H,31,35)(H,36,37). The second kappa shape index (κ2) is 10.8. The van der Waals surface area contributed by atoms with Gasteiger partial charge in [0.2, 0.25) is 5.82 Å². The van der Waals surface area contributed by atoms with Crippen molar-refractivity contribution in [3.8, 4) is 22.8 Å². The number of rotatable bonds is 8. The minimum absolute atomic E-state index is 0.0256. The van der Waals surface area contributed by atoms with Crippen LogP contribution in [-0.2, 0) is 16.6 Å². The number of aromatic nitrogens is 2. The number of hydrogen-bond donors (Lipinski definition) is 2. The fourth-order valence-electron chi connectivity index (χ4n) is 3.89. The molecule has 1 atom stereocenters. The Morgan fingerprint density at radius 3 is 2.00 bits per heavy atom. The first-order valence-corrected chi connectivity index (χ1v) is 12.2. The second-order valence-electron chi connectivity index (χ2n) is 10.1. The van der Waals surface area contributed by atoms with Gasteiger partial charge in [0.15, 0.2) is 5.78 Å². The summed E-state index contributed by atoms with van der Waals surface area (Å²) in [4.78, 5) is 40.5. The highest BCUT2D eigenvalue weighted by Crippen LogP contribution is 2.24. The highest BCUT2D eigenvalue weighted by Gasteiger charge is 2.22. The molecular formula is C30H29N3O5. The summed E-state index contributed by atoms with van der Waals surface area (Å²) in [6, 6.07) is 20.1. The fraction of sp³-hybridized carbons (Fsp3) is 0.233. The van der Waals surface area contributed by atoms with E-state index in [1.54, 1.807) is 60.7 Å². The van der Waals surface area contributed by atoms with E-state index in [1.165, 1.54) is 6.92 Å². The lowest BCUT2D eigenvalue weighted by Crippen LogP contribution is -2.42. The average molecular weight is 512 g/mol. The van der Waals surface area contributed by atoms with Crippen LogP contribution < -0.4 is 5.32 Å². The van der Waals surface area contributed by atoms with Crippen molar-refractivity contribution in [3.05, 3.63) is 95.1 Å². The summed E-state index contributed by atoms with van der Waals surface area (Å²) in [6.07, 6.45) is 0.113. The zero-order valence-corrected chi connectivity index (χ0v) is 21.7. The molecule has 0 saturated carbocycles. The number of nitrogens with one attached hydrogen (secondary N) is 1. The van der Waals surface area contributed by atoms with Crippen molar-refractivity contribution >= 4 is 17.7 Å². The summed E-state index contributed by atoms with van der Waals surface area (Å²) in [7, 11) is 0.